The van der Waals surface area contributed by atoms with Crippen molar-refractivity contribution in [3.05, 3.63) is 29.6 Å². The second-order valence-corrected chi connectivity index (χ2v) is 6.31. The summed E-state index contributed by atoms with van der Waals surface area (Å²) in [5.74, 6) is -0.476. The van der Waals surface area contributed by atoms with E-state index in [1.807, 2.05) is 0 Å². The molecule has 1 aromatic carbocycles. The molecular weight excluding hydrogens is 269 g/mol. The molecule has 0 aliphatic rings. The number of sulfonamides is 1. The number of halogens is 1. The Bertz CT molecular complexity index is 531. The van der Waals surface area contributed by atoms with Crippen molar-refractivity contribution in [1.29, 1.82) is 0 Å². The molecule has 0 saturated heterocycles. The fourth-order valence-corrected chi connectivity index (χ4v) is 3.67. The summed E-state index contributed by atoms with van der Waals surface area (Å²) in [6.45, 7) is 4.87. The molecule has 6 heteroatoms. The Morgan fingerprint density at radius 2 is 1.89 bits per heavy atom. The predicted molar refractivity (Wildman–Crippen MR) is 71.9 cm³/mol. The Balaban J connectivity index is 3.17. The zero-order valence-electron chi connectivity index (χ0n) is 11.4. The van der Waals surface area contributed by atoms with Gasteiger partial charge in [-0.15, -0.1) is 0 Å². The summed E-state index contributed by atoms with van der Waals surface area (Å²) in [5.41, 5.74) is -0.536. The van der Waals surface area contributed by atoms with Crippen LogP contribution in [0.3, 0.4) is 0 Å². The molecule has 2 N–H and O–H groups in total. The predicted octanol–water partition coefficient (Wildman–Crippen LogP) is 1.96. The minimum atomic E-state index is -3.78. The third-order valence-corrected chi connectivity index (χ3v) is 5.17. The van der Waals surface area contributed by atoms with E-state index >= 15 is 0 Å². The quantitative estimate of drug-likeness (QED) is 0.841. The van der Waals surface area contributed by atoms with Crippen molar-refractivity contribution in [2.75, 3.05) is 6.61 Å². The molecule has 0 bridgehead atoms. The molecule has 0 unspecified atom stereocenters. The molecule has 108 valence electrons. The molecular formula is C13H20FNO3S. The minimum absolute atomic E-state index is 0.0358. The maximum atomic E-state index is 13.0. The lowest BCUT2D eigenvalue weighted by Crippen LogP contribution is -2.50. The number of hydrogen-bond donors (Lipinski definition) is 2. The van der Waals surface area contributed by atoms with E-state index in [1.54, 1.807) is 13.8 Å². The second-order valence-electron chi connectivity index (χ2n) is 4.66. The highest BCUT2D eigenvalue weighted by molar-refractivity contribution is 7.89. The summed E-state index contributed by atoms with van der Waals surface area (Å²) >= 11 is 0. The fraction of sp³-hybridized carbons (Fsp3) is 0.538. The SMILES string of the molecule is CCC(CC)(CO)NS(=O)(=O)c1ccc(F)cc1C. The van der Waals surface area contributed by atoms with E-state index in [0.717, 1.165) is 6.07 Å². The first-order valence-corrected chi connectivity index (χ1v) is 7.69. The van der Waals surface area contributed by atoms with Crippen LogP contribution in [0.5, 0.6) is 0 Å². The van der Waals surface area contributed by atoms with Gasteiger partial charge in [0.2, 0.25) is 10.0 Å². The van der Waals surface area contributed by atoms with Crippen molar-refractivity contribution < 1.29 is 17.9 Å². The maximum Gasteiger partial charge on any atom is 0.241 e. The lowest BCUT2D eigenvalue weighted by Gasteiger charge is -2.30. The van der Waals surface area contributed by atoms with Gasteiger partial charge < -0.3 is 5.11 Å². The Labute approximate surface area is 113 Å². The summed E-state index contributed by atoms with van der Waals surface area (Å²) in [6.07, 6.45) is 0.943. The van der Waals surface area contributed by atoms with Crippen LogP contribution < -0.4 is 4.72 Å². The van der Waals surface area contributed by atoms with Crippen molar-refractivity contribution in [2.45, 2.75) is 44.0 Å². The van der Waals surface area contributed by atoms with Crippen molar-refractivity contribution in [2.24, 2.45) is 0 Å². The molecule has 4 nitrogen and oxygen atoms in total. The molecule has 1 rings (SSSR count). The Morgan fingerprint density at radius 3 is 2.32 bits per heavy atom. The Morgan fingerprint density at radius 1 is 1.32 bits per heavy atom. The highest BCUT2D eigenvalue weighted by Gasteiger charge is 2.32. The van der Waals surface area contributed by atoms with Crippen molar-refractivity contribution in [1.82, 2.24) is 4.72 Å². The van der Waals surface area contributed by atoms with Crippen LogP contribution in [-0.4, -0.2) is 25.7 Å². The van der Waals surface area contributed by atoms with E-state index in [4.69, 9.17) is 0 Å². The molecule has 0 amide bonds. The normalized spacial score (nSPS) is 12.7. The molecule has 0 heterocycles. The first-order chi connectivity index (χ1) is 8.80. The summed E-state index contributed by atoms with van der Waals surface area (Å²) in [7, 11) is -3.78. The number of hydrogen-bond acceptors (Lipinski definition) is 3. The highest BCUT2D eigenvalue weighted by Crippen LogP contribution is 2.21. The number of aliphatic hydroxyl groups is 1. The monoisotopic (exact) mass is 289 g/mol. The van der Waals surface area contributed by atoms with Gasteiger partial charge in [-0.3, -0.25) is 0 Å². The van der Waals surface area contributed by atoms with E-state index in [-0.39, 0.29) is 11.5 Å². The summed E-state index contributed by atoms with van der Waals surface area (Å²) in [5, 5.41) is 9.41. The lowest BCUT2D eigenvalue weighted by atomic mass is 9.96. The molecule has 19 heavy (non-hydrogen) atoms. The zero-order chi connectivity index (χ0) is 14.7. The van der Waals surface area contributed by atoms with Gasteiger partial charge in [-0.2, -0.15) is 0 Å². The molecule has 0 radical (unpaired) electrons. The van der Waals surface area contributed by atoms with Gasteiger partial charge in [0.25, 0.3) is 0 Å². The first-order valence-electron chi connectivity index (χ1n) is 6.21. The lowest BCUT2D eigenvalue weighted by molar-refractivity contribution is 0.172. The average molecular weight is 289 g/mol. The van der Waals surface area contributed by atoms with Gasteiger partial charge >= 0.3 is 0 Å². The highest BCUT2D eigenvalue weighted by atomic mass is 32.2. The maximum absolute atomic E-state index is 13.0. The largest absolute Gasteiger partial charge is 0.394 e. The van der Waals surface area contributed by atoms with Crippen molar-refractivity contribution in [3.8, 4) is 0 Å². The van der Waals surface area contributed by atoms with Crippen molar-refractivity contribution >= 4 is 10.0 Å². The average Bonchev–Trinajstić information content (AvgIpc) is 2.35. The smallest absolute Gasteiger partial charge is 0.241 e. The molecule has 0 aliphatic carbocycles. The topological polar surface area (TPSA) is 66.4 Å². The number of nitrogens with one attached hydrogen (secondary N) is 1. The number of aliphatic hydroxyl groups excluding tert-OH is 1. The van der Waals surface area contributed by atoms with Gasteiger partial charge in [0.05, 0.1) is 17.0 Å². The molecule has 0 aromatic heterocycles. The van der Waals surface area contributed by atoms with Gasteiger partial charge in [0.15, 0.2) is 0 Å². The molecule has 0 spiro atoms. The van der Waals surface area contributed by atoms with Crippen molar-refractivity contribution in [3.63, 3.8) is 0 Å². The van der Waals surface area contributed by atoms with Crippen LogP contribution >= 0.6 is 0 Å². The van der Waals surface area contributed by atoms with Crippen LogP contribution in [0.15, 0.2) is 23.1 Å². The van der Waals surface area contributed by atoms with Gasteiger partial charge in [-0.25, -0.2) is 17.5 Å². The zero-order valence-corrected chi connectivity index (χ0v) is 12.2. The van der Waals surface area contributed by atoms with Crippen LogP contribution in [0.2, 0.25) is 0 Å². The van der Waals surface area contributed by atoms with Crippen LogP contribution in [-0.2, 0) is 10.0 Å². The third kappa shape index (κ3) is 3.52. The minimum Gasteiger partial charge on any atom is -0.394 e. The second kappa shape index (κ2) is 5.98. The number of rotatable bonds is 6. The summed E-state index contributed by atoms with van der Waals surface area (Å²) < 4.78 is 40.2. The van der Waals surface area contributed by atoms with Gasteiger partial charge in [0, 0.05) is 0 Å². The molecule has 0 saturated carbocycles. The molecule has 0 aliphatic heterocycles. The van der Waals surface area contributed by atoms with Gasteiger partial charge in [0.1, 0.15) is 5.82 Å². The first kappa shape index (κ1) is 16.1. The van der Waals surface area contributed by atoms with E-state index < -0.39 is 21.4 Å². The van der Waals surface area contributed by atoms with E-state index in [2.05, 4.69) is 4.72 Å². The number of aryl methyl sites for hydroxylation is 1. The van der Waals surface area contributed by atoms with Crippen LogP contribution in [0.4, 0.5) is 4.39 Å². The van der Waals surface area contributed by atoms with Gasteiger partial charge in [-0.05, 0) is 43.5 Å². The fourth-order valence-electron chi connectivity index (χ4n) is 1.90. The van der Waals surface area contributed by atoms with E-state index in [1.165, 1.54) is 19.1 Å². The Kier molecular flexibility index (Phi) is 5.06. The summed E-state index contributed by atoms with van der Waals surface area (Å²) in [6, 6.07) is 3.52. The standard InChI is InChI=1S/C13H20FNO3S/c1-4-13(5-2,9-16)15-19(17,18)12-7-6-11(14)8-10(12)3/h6-8,15-16H,4-5,9H2,1-3H3. The Hall–Kier alpha value is -0.980. The van der Waals surface area contributed by atoms with Crippen LogP contribution in [0.25, 0.3) is 0 Å². The van der Waals surface area contributed by atoms with Crippen LogP contribution in [0, 0.1) is 12.7 Å². The third-order valence-electron chi connectivity index (χ3n) is 3.43. The van der Waals surface area contributed by atoms with E-state index in [9.17, 15) is 17.9 Å². The molecule has 0 fully saturated rings. The molecule has 0 atom stereocenters. The van der Waals surface area contributed by atoms with Gasteiger partial charge in [-0.1, -0.05) is 13.8 Å². The number of benzene rings is 1. The van der Waals surface area contributed by atoms with E-state index in [0.29, 0.717) is 18.4 Å². The molecule has 1 aromatic rings. The van der Waals surface area contributed by atoms with Crippen LogP contribution in [0.1, 0.15) is 32.3 Å². The summed E-state index contributed by atoms with van der Waals surface area (Å²) in [4.78, 5) is 0.0358.